The van der Waals surface area contributed by atoms with Gasteiger partial charge in [0.15, 0.2) is 0 Å². The minimum Gasteiger partial charge on any atom is -0.508 e. The van der Waals surface area contributed by atoms with Gasteiger partial charge in [0.05, 0.1) is 6.17 Å². The Balaban J connectivity index is 1.64. The molecule has 0 radical (unpaired) electrons. The Hall–Kier alpha value is -2.24. The Morgan fingerprint density at radius 1 is 0.724 bits per heavy atom. The second-order valence-corrected chi connectivity index (χ2v) is 8.14. The summed E-state index contributed by atoms with van der Waals surface area (Å²) in [7, 11) is 0. The number of phenols is 2. The van der Waals surface area contributed by atoms with E-state index in [1.807, 2.05) is 30.3 Å². The maximum Gasteiger partial charge on any atom is 0.120 e. The van der Waals surface area contributed by atoms with E-state index in [4.69, 9.17) is 23.2 Å². The van der Waals surface area contributed by atoms with Crippen molar-refractivity contribution in [3.05, 3.63) is 93.5 Å². The lowest BCUT2D eigenvalue weighted by atomic mass is 10.1. The number of hydrogen-bond acceptors (Lipinski definition) is 4. The molecule has 0 unspecified atom stereocenters. The molecule has 1 fully saturated rings. The molecule has 3 aromatic carbocycles. The van der Waals surface area contributed by atoms with Crippen LogP contribution >= 0.6 is 23.2 Å². The topological polar surface area (TPSA) is 46.9 Å². The van der Waals surface area contributed by atoms with Crippen molar-refractivity contribution in [1.29, 1.82) is 0 Å². The predicted octanol–water partition coefficient (Wildman–Crippen LogP) is 5.42. The molecular formula is C23H22Cl2N2O2. The standard InChI is InChI=1S/C23H22Cl2N2O2/c24-19-6-8-21(28)17(12-19)14-26-10-11-27(23(26)16-4-2-1-3-5-16)15-18-13-20(25)7-9-22(18)29/h1-9,12-13,23,28-29H,10-11,14-15H2. The smallest absolute Gasteiger partial charge is 0.120 e. The van der Waals surface area contributed by atoms with E-state index >= 15 is 0 Å². The average molecular weight is 429 g/mol. The molecule has 1 heterocycles. The summed E-state index contributed by atoms with van der Waals surface area (Å²) in [6, 6.07) is 20.5. The highest BCUT2D eigenvalue weighted by Crippen LogP contribution is 2.36. The van der Waals surface area contributed by atoms with Gasteiger partial charge in [0.1, 0.15) is 11.5 Å². The van der Waals surface area contributed by atoms with Crippen molar-refractivity contribution in [2.75, 3.05) is 13.1 Å². The first-order chi connectivity index (χ1) is 14.0. The summed E-state index contributed by atoms with van der Waals surface area (Å²) in [5.41, 5.74) is 2.75. The molecule has 4 nitrogen and oxygen atoms in total. The number of rotatable bonds is 5. The van der Waals surface area contributed by atoms with Crippen molar-refractivity contribution in [3.8, 4) is 11.5 Å². The first-order valence-corrected chi connectivity index (χ1v) is 10.2. The lowest BCUT2D eigenvalue weighted by molar-refractivity contribution is 0.124. The number of nitrogens with zero attached hydrogens (tertiary/aromatic N) is 2. The molecule has 4 rings (SSSR count). The number of benzene rings is 3. The van der Waals surface area contributed by atoms with Gasteiger partial charge in [0.25, 0.3) is 0 Å². The number of phenolic OH excluding ortho intramolecular Hbond substituents is 2. The van der Waals surface area contributed by atoms with E-state index < -0.39 is 0 Å². The Kier molecular flexibility index (Phi) is 5.97. The third kappa shape index (κ3) is 4.51. The van der Waals surface area contributed by atoms with Crippen LogP contribution < -0.4 is 0 Å². The molecule has 150 valence electrons. The van der Waals surface area contributed by atoms with Crippen LogP contribution in [0.1, 0.15) is 22.9 Å². The third-order valence-electron chi connectivity index (χ3n) is 5.29. The fraction of sp³-hybridized carbons (Fsp3) is 0.217. The highest BCUT2D eigenvalue weighted by molar-refractivity contribution is 6.31. The molecule has 0 saturated carbocycles. The van der Waals surface area contributed by atoms with Gasteiger partial charge in [-0.25, -0.2) is 0 Å². The average Bonchev–Trinajstić information content (AvgIpc) is 3.10. The van der Waals surface area contributed by atoms with Gasteiger partial charge in [0.2, 0.25) is 0 Å². The lowest BCUT2D eigenvalue weighted by Gasteiger charge is -2.31. The quantitative estimate of drug-likeness (QED) is 0.569. The molecule has 29 heavy (non-hydrogen) atoms. The third-order valence-corrected chi connectivity index (χ3v) is 5.76. The second kappa shape index (κ2) is 8.64. The Morgan fingerprint density at radius 3 is 1.69 bits per heavy atom. The Morgan fingerprint density at radius 2 is 1.21 bits per heavy atom. The summed E-state index contributed by atoms with van der Waals surface area (Å²) in [6.07, 6.45) is 0.00737. The molecule has 0 amide bonds. The molecule has 0 aromatic heterocycles. The molecule has 0 aliphatic carbocycles. The summed E-state index contributed by atoms with van der Waals surface area (Å²) in [6.45, 7) is 2.80. The summed E-state index contributed by atoms with van der Waals surface area (Å²) < 4.78 is 0. The summed E-state index contributed by atoms with van der Waals surface area (Å²) >= 11 is 12.3. The highest BCUT2D eigenvalue weighted by atomic mass is 35.5. The van der Waals surface area contributed by atoms with E-state index in [-0.39, 0.29) is 17.7 Å². The van der Waals surface area contributed by atoms with Gasteiger partial charge >= 0.3 is 0 Å². The van der Waals surface area contributed by atoms with Crippen LogP contribution in [0.3, 0.4) is 0 Å². The predicted molar refractivity (Wildman–Crippen MR) is 116 cm³/mol. The molecule has 1 aliphatic heterocycles. The van der Waals surface area contributed by atoms with Gasteiger partial charge < -0.3 is 10.2 Å². The Labute approximate surface area is 180 Å². The van der Waals surface area contributed by atoms with Crippen LogP contribution in [0.25, 0.3) is 0 Å². The van der Waals surface area contributed by atoms with Crippen LogP contribution in [0.15, 0.2) is 66.7 Å². The van der Waals surface area contributed by atoms with Crippen LogP contribution in [-0.4, -0.2) is 33.1 Å². The van der Waals surface area contributed by atoms with Crippen molar-refractivity contribution in [1.82, 2.24) is 9.80 Å². The number of halogens is 2. The van der Waals surface area contributed by atoms with Gasteiger partial charge in [-0.1, -0.05) is 53.5 Å². The minimum absolute atomic E-state index is 0.00737. The first-order valence-electron chi connectivity index (χ1n) is 9.49. The van der Waals surface area contributed by atoms with Gasteiger partial charge in [-0.2, -0.15) is 0 Å². The zero-order valence-corrected chi connectivity index (χ0v) is 17.3. The van der Waals surface area contributed by atoms with Gasteiger partial charge in [-0.05, 0) is 42.0 Å². The molecule has 0 bridgehead atoms. The summed E-state index contributed by atoms with van der Waals surface area (Å²) in [4.78, 5) is 4.62. The molecule has 3 aromatic rings. The van der Waals surface area contributed by atoms with E-state index in [0.29, 0.717) is 23.1 Å². The van der Waals surface area contributed by atoms with E-state index in [9.17, 15) is 10.2 Å². The lowest BCUT2D eigenvalue weighted by Crippen LogP contribution is -2.30. The molecule has 0 spiro atoms. The highest BCUT2D eigenvalue weighted by Gasteiger charge is 2.33. The zero-order valence-electron chi connectivity index (χ0n) is 15.8. The first kappa shape index (κ1) is 20.0. The van der Waals surface area contributed by atoms with Gasteiger partial charge in [-0.15, -0.1) is 0 Å². The summed E-state index contributed by atoms with van der Waals surface area (Å²) in [5.74, 6) is 0.485. The zero-order chi connectivity index (χ0) is 20.4. The van der Waals surface area contributed by atoms with E-state index in [2.05, 4.69) is 21.9 Å². The second-order valence-electron chi connectivity index (χ2n) is 7.27. The number of aromatic hydroxyl groups is 2. The minimum atomic E-state index is 0.00737. The van der Waals surface area contributed by atoms with Crippen molar-refractivity contribution in [2.24, 2.45) is 0 Å². The Bertz CT molecular complexity index is 936. The largest absolute Gasteiger partial charge is 0.508 e. The van der Waals surface area contributed by atoms with Crippen LogP contribution in [-0.2, 0) is 13.1 Å². The molecule has 1 saturated heterocycles. The fourth-order valence-corrected chi connectivity index (χ4v) is 4.30. The van der Waals surface area contributed by atoms with Crippen LogP contribution in [0.2, 0.25) is 10.0 Å². The fourth-order valence-electron chi connectivity index (χ4n) is 3.91. The monoisotopic (exact) mass is 428 g/mol. The summed E-state index contributed by atoms with van der Waals surface area (Å²) in [5, 5.41) is 21.8. The van der Waals surface area contributed by atoms with E-state index in [1.165, 1.54) is 0 Å². The maximum atomic E-state index is 10.3. The van der Waals surface area contributed by atoms with Crippen molar-refractivity contribution in [2.45, 2.75) is 19.3 Å². The number of hydrogen-bond donors (Lipinski definition) is 2. The van der Waals surface area contributed by atoms with E-state index in [0.717, 1.165) is 29.8 Å². The maximum absolute atomic E-state index is 10.3. The van der Waals surface area contributed by atoms with Crippen molar-refractivity contribution >= 4 is 23.2 Å². The van der Waals surface area contributed by atoms with E-state index in [1.54, 1.807) is 24.3 Å². The van der Waals surface area contributed by atoms with Crippen LogP contribution in [0, 0.1) is 0 Å². The van der Waals surface area contributed by atoms with Gasteiger partial charge in [0, 0.05) is 47.4 Å². The molecule has 2 N–H and O–H groups in total. The molecule has 6 heteroatoms. The van der Waals surface area contributed by atoms with Crippen LogP contribution in [0.5, 0.6) is 11.5 Å². The molecule has 1 aliphatic rings. The SMILES string of the molecule is Oc1ccc(Cl)cc1CN1CCN(Cc2cc(Cl)ccc2O)C1c1ccccc1. The molecule has 0 atom stereocenters. The van der Waals surface area contributed by atoms with Crippen molar-refractivity contribution in [3.63, 3.8) is 0 Å². The van der Waals surface area contributed by atoms with Crippen molar-refractivity contribution < 1.29 is 10.2 Å². The van der Waals surface area contributed by atoms with Crippen LogP contribution in [0.4, 0.5) is 0 Å². The molecular weight excluding hydrogens is 407 g/mol. The van der Waals surface area contributed by atoms with Gasteiger partial charge in [-0.3, -0.25) is 9.80 Å². The normalized spacial score (nSPS) is 15.8.